The van der Waals surface area contributed by atoms with Gasteiger partial charge in [-0.15, -0.1) is 11.3 Å². The van der Waals surface area contributed by atoms with Crippen LogP contribution in [-0.2, 0) is 6.18 Å². The zero-order valence-electron chi connectivity index (χ0n) is 16.7. The van der Waals surface area contributed by atoms with E-state index in [1.807, 2.05) is 6.92 Å². The number of rotatable bonds is 9. The Kier molecular flexibility index (Phi) is 7.17. The van der Waals surface area contributed by atoms with E-state index >= 15 is 0 Å². The molecule has 1 aromatic heterocycles. The average Bonchev–Trinajstić information content (AvgIpc) is 3.20. The summed E-state index contributed by atoms with van der Waals surface area (Å²) in [7, 11) is 0. The molecule has 0 aliphatic carbocycles. The third kappa shape index (κ3) is 5.97. The molecule has 0 bridgehead atoms. The van der Waals surface area contributed by atoms with E-state index in [1.54, 1.807) is 17.5 Å². The second kappa shape index (κ2) is 9.82. The second-order valence-electron chi connectivity index (χ2n) is 6.81. The van der Waals surface area contributed by atoms with Crippen LogP contribution in [-0.4, -0.2) is 22.7 Å². The molecule has 0 saturated heterocycles. The molecule has 0 radical (unpaired) electrons. The molecule has 0 saturated carbocycles. The Labute approximate surface area is 181 Å². The molecule has 1 heterocycles. The van der Waals surface area contributed by atoms with E-state index in [0.717, 1.165) is 18.9 Å². The number of carboxylic acid groups (broad SMARTS) is 1. The highest BCUT2D eigenvalue weighted by atomic mass is 32.1. The van der Waals surface area contributed by atoms with Gasteiger partial charge in [-0.05, 0) is 36.8 Å². The number of nitrogens with one attached hydrogen (secondary N) is 1. The van der Waals surface area contributed by atoms with Crippen LogP contribution in [0.25, 0.3) is 11.3 Å². The van der Waals surface area contributed by atoms with Crippen molar-refractivity contribution in [2.75, 3.05) is 11.9 Å². The van der Waals surface area contributed by atoms with Crippen LogP contribution in [0, 0.1) is 0 Å². The van der Waals surface area contributed by atoms with Crippen molar-refractivity contribution in [2.45, 2.75) is 32.4 Å². The highest BCUT2D eigenvalue weighted by molar-refractivity contribution is 7.14. The molecule has 5 nitrogen and oxygen atoms in total. The number of hydrogen-bond acceptors (Lipinski definition) is 5. The van der Waals surface area contributed by atoms with Crippen molar-refractivity contribution in [3.05, 3.63) is 59.0 Å². The first-order valence-corrected chi connectivity index (χ1v) is 10.6. The van der Waals surface area contributed by atoms with Gasteiger partial charge in [-0.25, -0.2) is 9.78 Å². The van der Waals surface area contributed by atoms with Gasteiger partial charge in [-0.2, -0.15) is 13.2 Å². The van der Waals surface area contributed by atoms with Gasteiger partial charge in [0.15, 0.2) is 5.13 Å². The number of alkyl halides is 3. The number of benzene rings is 2. The minimum atomic E-state index is -4.54. The van der Waals surface area contributed by atoms with Crippen molar-refractivity contribution in [1.82, 2.24) is 4.98 Å². The van der Waals surface area contributed by atoms with E-state index in [1.165, 1.54) is 35.6 Å². The van der Waals surface area contributed by atoms with Crippen LogP contribution >= 0.6 is 11.3 Å². The number of carboxylic acids is 1. The number of unbranched alkanes of at least 4 members (excludes halogenated alkanes) is 2. The summed E-state index contributed by atoms with van der Waals surface area (Å²) in [6, 6.07) is 10.1. The Balaban J connectivity index is 1.75. The molecule has 0 aliphatic heterocycles. The van der Waals surface area contributed by atoms with Crippen molar-refractivity contribution in [3.8, 4) is 17.0 Å². The standard InChI is InChI=1S/C22H21F3N2O3S/c1-2-3-4-11-30-19-10-9-16(12-17(19)22(23,24)25)26-21-27-18(13-31-21)14-5-7-15(8-6-14)20(28)29/h5-10,12-13H,2-4,11H2,1H3,(H,26,27)(H,28,29). The maximum absolute atomic E-state index is 13.5. The first-order chi connectivity index (χ1) is 14.8. The van der Waals surface area contributed by atoms with Gasteiger partial charge in [0.25, 0.3) is 0 Å². The fraction of sp³-hybridized carbons (Fsp3) is 0.273. The second-order valence-corrected chi connectivity index (χ2v) is 7.67. The van der Waals surface area contributed by atoms with Gasteiger partial charge < -0.3 is 15.2 Å². The maximum atomic E-state index is 13.5. The summed E-state index contributed by atoms with van der Waals surface area (Å²) in [4.78, 5) is 15.3. The number of thiazole rings is 1. The first kappa shape index (κ1) is 22.6. The Morgan fingerprint density at radius 2 is 1.90 bits per heavy atom. The number of nitrogens with zero attached hydrogens (tertiary/aromatic N) is 1. The normalized spacial score (nSPS) is 11.4. The molecular weight excluding hydrogens is 429 g/mol. The molecule has 31 heavy (non-hydrogen) atoms. The fourth-order valence-corrected chi connectivity index (χ4v) is 3.60. The number of anilines is 2. The Bertz CT molecular complexity index is 1030. The fourth-order valence-electron chi connectivity index (χ4n) is 2.86. The third-order valence-corrected chi connectivity index (χ3v) is 5.23. The summed E-state index contributed by atoms with van der Waals surface area (Å²) in [5.74, 6) is -1.21. The molecule has 0 atom stereocenters. The van der Waals surface area contributed by atoms with E-state index in [4.69, 9.17) is 9.84 Å². The third-order valence-electron chi connectivity index (χ3n) is 4.47. The predicted molar refractivity (Wildman–Crippen MR) is 114 cm³/mol. The molecule has 0 amide bonds. The van der Waals surface area contributed by atoms with E-state index in [9.17, 15) is 18.0 Å². The summed E-state index contributed by atoms with van der Waals surface area (Å²) < 4.78 is 45.8. The lowest BCUT2D eigenvalue weighted by Crippen LogP contribution is -2.10. The number of aromatic nitrogens is 1. The SMILES string of the molecule is CCCCCOc1ccc(Nc2nc(-c3ccc(C(=O)O)cc3)cs2)cc1C(F)(F)F. The van der Waals surface area contributed by atoms with Gasteiger partial charge in [0, 0.05) is 16.6 Å². The van der Waals surface area contributed by atoms with Crippen LogP contribution < -0.4 is 10.1 Å². The summed E-state index contributed by atoms with van der Waals surface area (Å²) in [6.45, 7) is 2.25. The topological polar surface area (TPSA) is 71.5 Å². The maximum Gasteiger partial charge on any atom is 0.420 e. The Morgan fingerprint density at radius 1 is 1.16 bits per heavy atom. The summed E-state index contributed by atoms with van der Waals surface area (Å²) in [6.07, 6.45) is -1.99. The van der Waals surface area contributed by atoms with E-state index in [0.29, 0.717) is 22.8 Å². The highest BCUT2D eigenvalue weighted by Gasteiger charge is 2.34. The summed E-state index contributed by atoms with van der Waals surface area (Å²) in [5.41, 5.74) is 0.872. The molecule has 3 aromatic rings. The zero-order chi connectivity index (χ0) is 22.4. The van der Waals surface area contributed by atoms with Crippen LogP contribution in [0.15, 0.2) is 47.8 Å². The van der Waals surface area contributed by atoms with Gasteiger partial charge in [0.2, 0.25) is 0 Å². The Hall–Kier alpha value is -3.07. The molecular formula is C22H21F3N2O3S. The van der Waals surface area contributed by atoms with Crippen molar-refractivity contribution in [2.24, 2.45) is 0 Å². The zero-order valence-corrected chi connectivity index (χ0v) is 17.5. The van der Waals surface area contributed by atoms with Gasteiger partial charge in [0.05, 0.1) is 23.4 Å². The lowest BCUT2D eigenvalue weighted by molar-refractivity contribution is -0.138. The minimum absolute atomic E-state index is 0.161. The molecule has 0 fully saturated rings. The molecule has 9 heteroatoms. The molecule has 0 spiro atoms. The van der Waals surface area contributed by atoms with Crippen LogP contribution in [0.1, 0.15) is 42.1 Å². The highest BCUT2D eigenvalue weighted by Crippen LogP contribution is 2.39. The quantitative estimate of drug-likeness (QED) is 0.349. The monoisotopic (exact) mass is 450 g/mol. The van der Waals surface area contributed by atoms with Crippen molar-refractivity contribution >= 4 is 28.1 Å². The van der Waals surface area contributed by atoms with Crippen LogP contribution in [0.2, 0.25) is 0 Å². The van der Waals surface area contributed by atoms with Crippen molar-refractivity contribution in [1.29, 1.82) is 0 Å². The lowest BCUT2D eigenvalue weighted by atomic mass is 10.1. The molecule has 0 aliphatic rings. The van der Waals surface area contributed by atoms with Crippen molar-refractivity contribution < 1.29 is 27.8 Å². The van der Waals surface area contributed by atoms with Crippen LogP contribution in [0.3, 0.4) is 0 Å². The molecule has 0 unspecified atom stereocenters. The molecule has 164 valence electrons. The summed E-state index contributed by atoms with van der Waals surface area (Å²) >= 11 is 1.24. The van der Waals surface area contributed by atoms with Crippen molar-refractivity contribution in [3.63, 3.8) is 0 Å². The van der Waals surface area contributed by atoms with Crippen LogP contribution in [0.5, 0.6) is 5.75 Å². The smallest absolute Gasteiger partial charge is 0.420 e. The largest absolute Gasteiger partial charge is 0.493 e. The average molecular weight is 450 g/mol. The van der Waals surface area contributed by atoms with Gasteiger partial charge in [-0.3, -0.25) is 0 Å². The van der Waals surface area contributed by atoms with E-state index in [2.05, 4.69) is 10.3 Å². The number of carbonyl (C=O) groups is 1. The molecule has 3 rings (SSSR count). The predicted octanol–water partition coefficient (Wildman–Crippen LogP) is 6.84. The van der Waals surface area contributed by atoms with Gasteiger partial charge in [-0.1, -0.05) is 31.9 Å². The number of halogens is 3. The number of aromatic carboxylic acids is 1. The first-order valence-electron chi connectivity index (χ1n) is 9.68. The van der Waals surface area contributed by atoms with Crippen LogP contribution in [0.4, 0.5) is 24.0 Å². The minimum Gasteiger partial charge on any atom is -0.493 e. The Morgan fingerprint density at radius 3 is 2.55 bits per heavy atom. The number of ether oxygens (including phenoxy) is 1. The van der Waals surface area contributed by atoms with Gasteiger partial charge >= 0.3 is 12.1 Å². The van der Waals surface area contributed by atoms with E-state index in [-0.39, 0.29) is 23.6 Å². The summed E-state index contributed by atoms with van der Waals surface area (Å²) in [5, 5.41) is 14.0. The van der Waals surface area contributed by atoms with Gasteiger partial charge in [0.1, 0.15) is 5.75 Å². The molecule has 2 aromatic carbocycles. The number of hydrogen-bond donors (Lipinski definition) is 2. The molecule has 2 N–H and O–H groups in total. The van der Waals surface area contributed by atoms with E-state index < -0.39 is 17.7 Å². The lowest BCUT2D eigenvalue weighted by Gasteiger charge is -2.15.